The van der Waals surface area contributed by atoms with Crippen LogP contribution in [0.25, 0.3) is 0 Å². The molecule has 0 saturated carbocycles. The first-order chi connectivity index (χ1) is 8.38. The highest BCUT2D eigenvalue weighted by molar-refractivity contribution is 7.91. The SMILES string of the molecule is CN1CC(CNS(=O)(=O)c2ccc(Cl)s2)OC1=O. The molecular formula is C9H11ClN2O4S2. The minimum atomic E-state index is -3.59. The van der Waals surface area contributed by atoms with Crippen LogP contribution in [0.15, 0.2) is 16.3 Å². The number of carbonyl (C=O) groups is 1. The van der Waals surface area contributed by atoms with Crippen molar-refractivity contribution < 1.29 is 17.9 Å². The quantitative estimate of drug-likeness (QED) is 0.904. The van der Waals surface area contributed by atoms with Crippen molar-refractivity contribution in [2.45, 2.75) is 10.3 Å². The number of thiophene rings is 1. The van der Waals surface area contributed by atoms with E-state index >= 15 is 0 Å². The smallest absolute Gasteiger partial charge is 0.410 e. The lowest BCUT2D eigenvalue weighted by Gasteiger charge is -2.09. The molecule has 1 unspecified atom stereocenters. The van der Waals surface area contributed by atoms with Crippen LogP contribution in [0.2, 0.25) is 4.34 Å². The molecule has 2 rings (SSSR count). The number of nitrogens with zero attached hydrogens (tertiary/aromatic N) is 1. The van der Waals surface area contributed by atoms with E-state index in [4.69, 9.17) is 16.3 Å². The molecule has 1 aromatic heterocycles. The second-order valence-electron chi connectivity index (χ2n) is 3.80. The Labute approximate surface area is 114 Å². The Morgan fingerprint density at radius 1 is 1.61 bits per heavy atom. The molecule has 18 heavy (non-hydrogen) atoms. The van der Waals surface area contributed by atoms with Gasteiger partial charge in [0.1, 0.15) is 10.3 Å². The number of halogens is 1. The van der Waals surface area contributed by atoms with Crippen molar-refractivity contribution in [2.75, 3.05) is 20.1 Å². The molecule has 0 aromatic carbocycles. The molecule has 1 saturated heterocycles. The lowest BCUT2D eigenvalue weighted by atomic mass is 10.4. The molecule has 1 amide bonds. The monoisotopic (exact) mass is 310 g/mol. The maximum Gasteiger partial charge on any atom is 0.410 e. The van der Waals surface area contributed by atoms with Crippen LogP contribution in [-0.4, -0.2) is 45.7 Å². The van der Waals surface area contributed by atoms with E-state index in [0.717, 1.165) is 11.3 Å². The minimum absolute atomic E-state index is 0.0495. The molecule has 0 aliphatic carbocycles. The summed E-state index contributed by atoms with van der Waals surface area (Å²) in [5.41, 5.74) is 0. The van der Waals surface area contributed by atoms with E-state index in [2.05, 4.69) is 4.72 Å². The van der Waals surface area contributed by atoms with Crippen LogP contribution in [0.1, 0.15) is 0 Å². The van der Waals surface area contributed by atoms with Gasteiger partial charge in [0.2, 0.25) is 10.0 Å². The van der Waals surface area contributed by atoms with Crippen LogP contribution in [-0.2, 0) is 14.8 Å². The number of likely N-dealkylation sites (N-methyl/N-ethyl adjacent to an activating group) is 1. The van der Waals surface area contributed by atoms with Gasteiger partial charge in [-0.25, -0.2) is 17.9 Å². The Morgan fingerprint density at radius 2 is 2.33 bits per heavy atom. The number of carbonyl (C=O) groups excluding carboxylic acids is 1. The van der Waals surface area contributed by atoms with Crippen molar-refractivity contribution in [2.24, 2.45) is 0 Å². The van der Waals surface area contributed by atoms with Gasteiger partial charge in [0, 0.05) is 13.6 Å². The van der Waals surface area contributed by atoms with Crippen molar-refractivity contribution in [1.29, 1.82) is 0 Å². The first-order valence-electron chi connectivity index (χ1n) is 5.05. The standard InChI is InChI=1S/C9H11ClN2O4S2/c1-12-5-6(16-9(12)13)4-11-18(14,15)8-3-2-7(10)17-8/h2-3,6,11H,4-5H2,1H3. The molecule has 0 radical (unpaired) electrons. The third kappa shape index (κ3) is 2.94. The van der Waals surface area contributed by atoms with Gasteiger partial charge in [-0.15, -0.1) is 11.3 Å². The van der Waals surface area contributed by atoms with Gasteiger partial charge in [0.05, 0.1) is 10.9 Å². The fraction of sp³-hybridized carbons (Fsp3) is 0.444. The van der Waals surface area contributed by atoms with E-state index in [1.807, 2.05) is 0 Å². The van der Waals surface area contributed by atoms with E-state index < -0.39 is 22.2 Å². The number of rotatable bonds is 4. The Bertz CT molecular complexity index is 557. The van der Waals surface area contributed by atoms with E-state index in [1.165, 1.54) is 17.0 Å². The summed E-state index contributed by atoms with van der Waals surface area (Å²) in [6.45, 7) is 0.417. The molecule has 1 aliphatic heterocycles. The number of ether oxygens (including phenoxy) is 1. The molecule has 9 heteroatoms. The fourth-order valence-corrected chi connectivity index (χ4v) is 4.07. The topological polar surface area (TPSA) is 75.7 Å². The molecule has 1 fully saturated rings. The number of nitrogens with one attached hydrogen (secondary N) is 1. The number of cyclic esters (lactones) is 1. The number of hydrogen-bond donors (Lipinski definition) is 1. The first-order valence-corrected chi connectivity index (χ1v) is 7.73. The zero-order valence-electron chi connectivity index (χ0n) is 9.42. The summed E-state index contributed by atoms with van der Waals surface area (Å²) < 4.78 is 31.6. The summed E-state index contributed by atoms with van der Waals surface area (Å²) in [7, 11) is -1.99. The van der Waals surface area contributed by atoms with Crippen LogP contribution in [0.5, 0.6) is 0 Å². The summed E-state index contributed by atoms with van der Waals surface area (Å²) in [5, 5.41) is 0. The lowest BCUT2D eigenvalue weighted by molar-refractivity contribution is 0.135. The average molecular weight is 311 g/mol. The summed E-state index contributed by atoms with van der Waals surface area (Å²) in [6.07, 6.45) is -0.911. The van der Waals surface area contributed by atoms with Gasteiger partial charge < -0.3 is 9.64 Å². The van der Waals surface area contributed by atoms with Gasteiger partial charge in [0.25, 0.3) is 0 Å². The van der Waals surface area contributed by atoms with Crippen LogP contribution in [0, 0.1) is 0 Å². The predicted molar refractivity (Wildman–Crippen MR) is 67.4 cm³/mol. The molecule has 100 valence electrons. The predicted octanol–water partition coefficient (Wildman–Crippen LogP) is 1.13. The largest absolute Gasteiger partial charge is 0.443 e. The summed E-state index contributed by atoms with van der Waals surface area (Å²) >= 11 is 6.66. The Balaban J connectivity index is 1.96. The maximum atomic E-state index is 11.9. The van der Waals surface area contributed by atoms with Crippen molar-refractivity contribution in [3.63, 3.8) is 0 Å². The molecule has 0 spiro atoms. The number of hydrogen-bond acceptors (Lipinski definition) is 5. The summed E-state index contributed by atoms with van der Waals surface area (Å²) in [6, 6.07) is 2.95. The van der Waals surface area contributed by atoms with E-state index in [0.29, 0.717) is 10.9 Å². The summed E-state index contributed by atoms with van der Waals surface area (Å²) in [5.74, 6) is 0. The third-order valence-electron chi connectivity index (χ3n) is 2.37. The third-order valence-corrected chi connectivity index (χ3v) is 5.52. The second-order valence-corrected chi connectivity index (χ2v) is 7.51. The molecule has 1 N–H and O–H groups in total. The molecule has 1 atom stereocenters. The van der Waals surface area contributed by atoms with Gasteiger partial charge in [-0.1, -0.05) is 11.6 Å². The molecular weight excluding hydrogens is 300 g/mol. The molecule has 2 heterocycles. The van der Waals surface area contributed by atoms with Crippen LogP contribution < -0.4 is 4.72 Å². The Morgan fingerprint density at radius 3 is 2.83 bits per heavy atom. The first kappa shape index (κ1) is 13.6. The lowest BCUT2D eigenvalue weighted by Crippen LogP contribution is -2.33. The highest BCUT2D eigenvalue weighted by atomic mass is 35.5. The van der Waals surface area contributed by atoms with Crippen LogP contribution in [0.4, 0.5) is 4.79 Å². The van der Waals surface area contributed by atoms with Crippen molar-refractivity contribution >= 4 is 39.1 Å². The van der Waals surface area contributed by atoms with E-state index in [-0.39, 0.29) is 10.8 Å². The highest BCUT2D eigenvalue weighted by Crippen LogP contribution is 2.25. The van der Waals surface area contributed by atoms with Crippen molar-refractivity contribution in [3.05, 3.63) is 16.5 Å². The van der Waals surface area contributed by atoms with Gasteiger partial charge in [-0.05, 0) is 12.1 Å². The van der Waals surface area contributed by atoms with Crippen LogP contribution in [0.3, 0.4) is 0 Å². The molecule has 1 aliphatic rings. The fourth-order valence-electron chi connectivity index (χ4n) is 1.47. The molecule has 1 aromatic rings. The zero-order chi connectivity index (χ0) is 13.3. The normalized spacial score (nSPS) is 20.2. The van der Waals surface area contributed by atoms with Crippen LogP contribution >= 0.6 is 22.9 Å². The molecule has 6 nitrogen and oxygen atoms in total. The maximum absolute atomic E-state index is 11.9. The van der Waals surface area contributed by atoms with Gasteiger partial charge in [-0.3, -0.25) is 0 Å². The highest BCUT2D eigenvalue weighted by Gasteiger charge is 2.29. The number of sulfonamides is 1. The van der Waals surface area contributed by atoms with Gasteiger partial charge >= 0.3 is 6.09 Å². The number of amides is 1. The zero-order valence-corrected chi connectivity index (χ0v) is 11.8. The van der Waals surface area contributed by atoms with E-state index in [1.54, 1.807) is 7.05 Å². The van der Waals surface area contributed by atoms with Crippen molar-refractivity contribution in [1.82, 2.24) is 9.62 Å². The minimum Gasteiger partial charge on any atom is -0.443 e. The second kappa shape index (κ2) is 5.04. The van der Waals surface area contributed by atoms with Gasteiger partial charge in [-0.2, -0.15) is 0 Å². The average Bonchev–Trinajstić information content (AvgIpc) is 2.85. The Hall–Kier alpha value is -0.830. The Kier molecular flexibility index (Phi) is 3.81. The van der Waals surface area contributed by atoms with E-state index in [9.17, 15) is 13.2 Å². The summed E-state index contributed by atoms with van der Waals surface area (Å²) in [4.78, 5) is 12.5. The van der Waals surface area contributed by atoms with Crippen molar-refractivity contribution in [3.8, 4) is 0 Å². The van der Waals surface area contributed by atoms with Gasteiger partial charge in [0.15, 0.2) is 0 Å². The molecule has 0 bridgehead atoms.